The third-order valence-electron chi connectivity index (χ3n) is 3.78. The van der Waals surface area contributed by atoms with Crippen LogP contribution in [0.4, 0.5) is 4.39 Å². The summed E-state index contributed by atoms with van der Waals surface area (Å²) in [6.07, 6.45) is 1.55. The van der Waals surface area contributed by atoms with Crippen LogP contribution >= 0.6 is 0 Å². The molecule has 0 aliphatic heterocycles. The lowest BCUT2D eigenvalue weighted by atomic mass is 10.2. The lowest BCUT2D eigenvalue weighted by Gasteiger charge is -2.11. The molecule has 0 saturated carbocycles. The van der Waals surface area contributed by atoms with Crippen molar-refractivity contribution in [1.82, 2.24) is 19.9 Å². The van der Waals surface area contributed by atoms with Gasteiger partial charge in [0.1, 0.15) is 11.3 Å². The van der Waals surface area contributed by atoms with E-state index in [1.807, 2.05) is 0 Å². The second kappa shape index (κ2) is 7.83. The maximum Gasteiger partial charge on any atom is 0.283 e. The van der Waals surface area contributed by atoms with Gasteiger partial charge in [0.25, 0.3) is 11.5 Å². The number of amides is 1. The maximum atomic E-state index is 13.2. The Kier molecular flexibility index (Phi) is 5.33. The van der Waals surface area contributed by atoms with Gasteiger partial charge in [-0.25, -0.2) is 14.4 Å². The molecule has 26 heavy (non-hydrogen) atoms. The maximum absolute atomic E-state index is 13.2. The van der Waals surface area contributed by atoms with Crippen molar-refractivity contribution in [2.45, 2.75) is 13.1 Å². The number of fused-ring (bicyclic) bond motifs is 1. The molecule has 134 valence electrons. The Hall–Kier alpha value is -3.13. The molecule has 3 aromatic rings. The van der Waals surface area contributed by atoms with Crippen LogP contribution in [-0.2, 0) is 17.8 Å². The molecule has 3 rings (SSSR count). The summed E-state index contributed by atoms with van der Waals surface area (Å²) >= 11 is 0. The first kappa shape index (κ1) is 17.7. The molecule has 1 amide bonds. The highest BCUT2D eigenvalue weighted by atomic mass is 19.1. The fourth-order valence-corrected chi connectivity index (χ4v) is 2.53. The van der Waals surface area contributed by atoms with Crippen molar-refractivity contribution < 1.29 is 13.9 Å². The fraction of sp³-hybridized carbons (Fsp3) is 0.222. The highest BCUT2D eigenvalue weighted by Crippen LogP contribution is 2.08. The Morgan fingerprint density at radius 3 is 2.92 bits per heavy atom. The zero-order valence-electron chi connectivity index (χ0n) is 14.1. The summed E-state index contributed by atoms with van der Waals surface area (Å²) in [4.78, 5) is 33.5. The monoisotopic (exact) mass is 356 g/mol. The van der Waals surface area contributed by atoms with Crippen molar-refractivity contribution in [2.24, 2.45) is 0 Å². The molecule has 0 aliphatic carbocycles. The Morgan fingerprint density at radius 2 is 2.15 bits per heavy atom. The molecule has 1 aromatic carbocycles. The number of nitrogens with zero attached hydrogens (tertiary/aromatic N) is 3. The van der Waals surface area contributed by atoms with Gasteiger partial charge >= 0.3 is 0 Å². The van der Waals surface area contributed by atoms with Crippen molar-refractivity contribution in [2.75, 3.05) is 13.7 Å². The highest BCUT2D eigenvalue weighted by molar-refractivity contribution is 5.93. The van der Waals surface area contributed by atoms with Gasteiger partial charge in [-0.3, -0.25) is 14.2 Å². The van der Waals surface area contributed by atoms with Crippen LogP contribution in [-0.4, -0.2) is 34.2 Å². The minimum Gasteiger partial charge on any atom is -0.383 e. The number of hydrogen-bond acceptors (Lipinski definition) is 5. The van der Waals surface area contributed by atoms with Crippen LogP contribution in [0.3, 0.4) is 0 Å². The number of halogens is 1. The Balaban J connectivity index is 1.92. The van der Waals surface area contributed by atoms with Crippen LogP contribution in [0.5, 0.6) is 0 Å². The molecular weight excluding hydrogens is 339 g/mol. The van der Waals surface area contributed by atoms with E-state index < -0.39 is 17.3 Å². The summed E-state index contributed by atoms with van der Waals surface area (Å²) in [6, 6.07) is 9.21. The van der Waals surface area contributed by atoms with Gasteiger partial charge in [-0.1, -0.05) is 12.1 Å². The average molecular weight is 356 g/mol. The molecule has 0 saturated heterocycles. The van der Waals surface area contributed by atoms with E-state index in [1.54, 1.807) is 30.5 Å². The molecule has 2 heterocycles. The minimum absolute atomic E-state index is 0.0842. The second-order valence-corrected chi connectivity index (χ2v) is 5.57. The topological polar surface area (TPSA) is 86.1 Å². The van der Waals surface area contributed by atoms with Gasteiger partial charge in [0.05, 0.1) is 13.2 Å². The summed E-state index contributed by atoms with van der Waals surface area (Å²) < 4.78 is 19.6. The van der Waals surface area contributed by atoms with Crippen molar-refractivity contribution in [3.05, 3.63) is 70.0 Å². The van der Waals surface area contributed by atoms with E-state index >= 15 is 0 Å². The molecular formula is C18H17FN4O3. The summed E-state index contributed by atoms with van der Waals surface area (Å²) in [6.45, 7) is 0.621. The molecule has 1 N–H and O–H groups in total. The molecule has 0 fully saturated rings. The van der Waals surface area contributed by atoms with E-state index in [2.05, 4.69) is 15.3 Å². The number of rotatable bonds is 6. The molecule has 0 bridgehead atoms. The van der Waals surface area contributed by atoms with Crippen LogP contribution in [0.25, 0.3) is 11.2 Å². The van der Waals surface area contributed by atoms with Gasteiger partial charge in [0, 0.05) is 19.9 Å². The first-order chi connectivity index (χ1) is 12.6. The first-order valence-corrected chi connectivity index (χ1v) is 7.97. The quantitative estimate of drug-likeness (QED) is 0.723. The fourth-order valence-electron chi connectivity index (χ4n) is 2.53. The molecule has 0 atom stereocenters. The smallest absolute Gasteiger partial charge is 0.283 e. The van der Waals surface area contributed by atoms with E-state index in [4.69, 9.17) is 4.74 Å². The van der Waals surface area contributed by atoms with Crippen molar-refractivity contribution in [3.63, 3.8) is 0 Å². The first-order valence-electron chi connectivity index (χ1n) is 7.97. The SMILES string of the molecule is COCCn1c(=O)c(C(=O)NCc2cccc(F)c2)nc2cccnc21. The van der Waals surface area contributed by atoms with Gasteiger partial charge in [-0.15, -0.1) is 0 Å². The van der Waals surface area contributed by atoms with Crippen LogP contribution < -0.4 is 10.9 Å². The van der Waals surface area contributed by atoms with Gasteiger partial charge in [-0.2, -0.15) is 0 Å². The minimum atomic E-state index is -0.629. The standard InChI is InChI=1S/C18H17FN4O3/c1-26-9-8-23-16-14(6-3-7-20-16)22-15(18(23)25)17(24)21-11-12-4-2-5-13(19)10-12/h2-7,10H,8-9,11H2,1H3,(H,21,24). The predicted molar refractivity (Wildman–Crippen MR) is 93.2 cm³/mol. The predicted octanol–water partition coefficient (Wildman–Crippen LogP) is 1.51. The Morgan fingerprint density at radius 1 is 1.31 bits per heavy atom. The molecule has 7 nitrogen and oxygen atoms in total. The number of aromatic nitrogens is 3. The Bertz CT molecular complexity index is 1000. The van der Waals surface area contributed by atoms with Crippen molar-refractivity contribution in [3.8, 4) is 0 Å². The number of pyridine rings is 1. The van der Waals surface area contributed by atoms with E-state index in [-0.39, 0.29) is 18.8 Å². The number of hydrogen-bond donors (Lipinski definition) is 1. The summed E-state index contributed by atoms with van der Waals surface area (Å²) in [7, 11) is 1.52. The average Bonchev–Trinajstić information content (AvgIpc) is 2.65. The third kappa shape index (κ3) is 3.75. The molecule has 2 aromatic heterocycles. The number of methoxy groups -OCH3 is 1. The molecule has 0 unspecified atom stereocenters. The lowest BCUT2D eigenvalue weighted by molar-refractivity contribution is 0.0943. The van der Waals surface area contributed by atoms with Crippen LogP contribution in [0.2, 0.25) is 0 Å². The van der Waals surface area contributed by atoms with Gasteiger partial charge < -0.3 is 10.1 Å². The summed E-state index contributed by atoms with van der Waals surface area (Å²) in [5.41, 5.74) is 0.610. The lowest BCUT2D eigenvalue weighted by Crippen LogP contribution is -2.35. The third-order valence-corrected chi connectivity index (χ3v) is 3.78. The zero-order valence-corrected chi connectivity index (χ0v) is 14.1. The van der Waals surface area contributed by atoms with E-state index in [0.29, 0.717) is 23.3 Å². The largest absolute Gasteiger partial charge is 0.383 e. The number of nitrogens with one attached hydrogen (secondary N) is 1. The van der Waals surface area contributed by atoms with Crippen molar-refractivity contribution >= 4 is 17.1 Å². The number of benzene rings is 1. The zero-order chi connectivity index (χ0) is 18.5. The second-order valence-electron chi connectivity index (χ2n) is 5.57. The molecule has 0 spiro atoms. The molecule has 8 heteroatoms. The molecule has 0 aliphatic rings. The van der Waals surface area contributed by atoms with Crippen LogP contribution in [0.15, 0.2) is 47.4 Å². The van der Waals surface area contributed by atoms with E-state index in [1.165, 1.54) is 23.8 Å². The van der Waals surface area contributed by atoms with Crippen molar-refractivity contribution in [1.29, 1.82) is 0 Å². The van der Waals surface area contributed by atoms with Gasteiger partial charge in [0.2, 0.25) is 0 Å². The normalized spacial score (nSPS) is 10.8. The van der Waals surface area contributed by atoms with Crippen LogP contribution in [0, 0.1) is 5.82 Å². The molecule has 0 radical (unpaired) electrons. The highest BCUT2D eigenvalue weighted by Gasteiger charge is 2.18. The van der Waals surface area contributed by atoms with Gasteiger partial charge in [0.15, 0.2) is 11.3 Å². The van der Waals surface area contributed by atoms with E-state index in [0.717, 1.165) is 0 Å². The summed E-state index contributed by atoms with van der Waals surface area (Å²) in [5, 5.41) is 2.60. The summed E-state index contributed by atoms with van der Waals surface area (Å²) in [5.74, 6) is -1.02. The number of ether oxygens (including phenoxy) is 1. The number of carbonyl (C=O) groups excluding carboxylic acids is 1. The van der Waals surface area contributed by atoms with Crippen LogP contribution in [0.1, 0.15) is 16.1 Å². The van der Waals surface area contributed by atoms with E-state index in [9.17, 15) is 14.0 Å². The Labute approximate surface area is 148 Å². The number of carbonyl (C=O) groups is 1. The van der Waals surface area contributed by atoms with Gasteiger partial charge in [-0.05, 0) is 29.8 Å².